The molecule has 0 bridgehead atoms. The summed E-state index contributed by atoms with van der Waals surface area (Å²) in [4.78, 5) is 4.09. The first-order valence-electron chi connectivity index (χ1n) is 5.19. The van der Waals surface area contributed by atoms with E-state index in [1.165, 1.54) is 0 Å². The second-order valence-electron chi connectivity index (χ2n) is 4.34. The Bertz CT molecular complexity index is 395. The number of pyridine rings is 1. The molecule has 0 spiro atoms. The Hall–Kier alpha value is -0.231. The third-order valence-electron chi connectivity index (χ3n) is 1.52. The average molecular weight is 371 g/mol. The molecule has 0 aliphatic heterocycles. The van der Waals surface area contributed by atoms with Gasteiger partial charge in [0.2, 0.25) is 0 Å². The molecule has 1 N–H and O–H groups in total. The molecule has 1 aromatic heterocycles. The number of nitrogens with zero attached hydrogens (tertiary/aromatic N) is 3. The number of aromatic nitrogens is 1. The zero-order chi connectivity index (χ0) is 14.7. The Morgan fingerprint density at radius 3 is 2.58 bits per heavy atom. The van der Waals surface area contributed by atoms with Gasteiger partial charge in [0.25, 0.3) is 0 Å². The molecule has 0 aliphatic carbocycles. The molecule has 0 saturated carbocycles. The fourth-order valence-electron chi connectivity index (χ4n) is 0.955. The van der Waals surface area contributed by atoms with Gasteiger partial charge in [-0.15, -0.1) is 0 Å². The fourth-order valence-corrected chi connectivity index (χ4v) is 1.34. The molecule has 0 saturated heterocycles. The van der Waals surface area contributed by atoms with Crippen LogP contribution in [-0.4, -0.2) is 21.8 Å². The summed E-state index contributed by atoms with van der Waals surface area (Å²) in [6, 6.07) is 5.60. The summed E-state index contributed by atoms with van der Waals surface area (Å²) in [6.45, 7) is 6.09. The molecule has 0 amide bonds. The molecule has 1 aromatic rings. The van der Waals surface area contributed by atoms with Crippen molar-refractivity contribution >= 4 is 43.7 Å². The molecule has 1 rings (SSSR count). The number of rotatable bonds is 2. The second kappa shape index (κ2) is 10.5. The van der Waals surface area contributed by atoms with Crippen molar-refractivity contribution in [1.82, 2.24) is 10.3 Å². The third-order valence-corrected chi connectivity index (χ3v) is 1.72. The van der Waals surface area contributed by atoms with Crippen molar-refractivity contribution in [2.75, 3.05) is 0 Å². The van der Waals surface area contributed by atoms with Gasteiger partial charge in [0.05, 0.1) is 5.69 Å². The second-order valence-corrected chi connectivity index (χ2v) is 6.32. The van der Waals surface area contributed by atoms with E-state index in [0.29, 0.717) is 5.11 Å². The van der Waals surface area contributed by atoms with Gasteiger partial charge in [0, 0.05) is 18.0 Å². The minimum atomic E-state index is -0.0684. The van der Waals surface area contributed by atoms with Gasteiger partial charge in [-0.2, -0.15) is 0 Å². The summed E-state index contributed by atoms with van der Waals surface area (Å²) in [7, 11) is 9.34. The maximum atomic E-state index is 4.67. The van der Waals surface area contributed by atoms with E-state index in [1.807, 2.05) is 39.0 Å². The quantitative estimate of drug-likeness (QED) is 0.217. The first-order valence-corrected chi connectivity index (χ1v) is 8.23. The predicted octanol–water partition coefficient (Wildman–Crippen LogP) is 2.92. The van der Waals surface area contributed by atoms with E-state index in [-0.39, 0.29) is 5.54 Å². The van der Waals surface area contributed by atoms with Crippen molar-refractivity contribution in [2.45, 2.75) is 26.3 Å². The topological polar surface area (TPSA) is 51.4 Å². The Morgan fingerprint density at radius 1 is 1.47 bits per heavy atom. The van der Waals surface area contributed by atoms with E-state index >= 15 is 0 Å². The molecular weight excluding hydrogens is 355 g/mol. The average Bonchev–Trinajstić information content (AvgIpc) is 2.29. The van der Waals surface area contributed by atoms with Crippen molar-refractivity contribution in [3.8, 4) is 0 Å². The molecule has 1 heterocycles. The van der Waals surface area contributed by atoms with E-state index in [4.69, 9.17) is 0 Å². The van der Waals surface area contributed by atoms with Crippen LogP contribution in [0.1, 0.15) is 26.5 Å². The third kappa shape index (κ3) is 12.5. The number of nitrogens with one attached hydrogen (secondary N) is 1. The molecule has 19 heavy (non-hydrogen) atoms. The molecule has 0 aliphatic rings. The van der Waals surface area contributed by atoms with Crippen LogP contribution in [0.15, 0.2) is 29.5 Å². The maximum absolute atomic E-state index is 4.67. The molecule has 8 heteroatoms. The van der Waals surface area contributed by atoms with Gasteiger partial charge in [-0.05, 0) is 32.9 Å². The molecule has 0 radical (unpaired) electrons. The normalized spacial score (nSPS) is 11.0. The van der Waals surface area contributed by atoms with Crippen LogP contribution in [0, 0.1) is 0 Å². The standard InChI is InChI=1S/C11H16N4S.2ClH.Cu/c1-11(2,3)14-10(16)15-13-8-9-6-4-5-7-12-9;;;/h4-8H,1-3H3,(H2,12,14,15,16);2*1H;/q;;;+2/p-2. The predicted molar refractivity (Wildman–Crippen MR) is 83.6 cm³/mol. The van der Waals surface area contributed by atoms with E-state index in [9.17, 15) is 0 Å². The monoisotopic (exact) mass is 369 g/mol. The molecule has 4 nitrogen and oxygen atoms in total. The van der Waals surface area contributed by atoms with Crippen LogP contribution in [0.4, 0.5) is 0 Å². The summed E-state index contributed by atoms with van der Waals surface area (Å²) in [5, 5.41) is 7.46. The van der Waals surface area contributed by atoms with Crippen molar-refractivity contribution in [3.05, 3.63) is 35.5 Å². The van der Waals surface area contributed by atoms with Crippen LogP contribution in [-0.2, 0) is 25.4 Å². The number of hydrogen-bond donors (Lipinski definition) is 1. The Balaban J connectivity index is 0.000000982. The van der Waals surface area contributed by atoms with Crippen LogP contribution < -0.4 is 5.32 Å². The van der Waals surface area contributed by atoms with Crippen molar-refractivity contribution in [2.24, 2.45) is 5.10 Å². The molecular formula is C11H16Cl2CuN4S. The first kappa shape index (κ1) is 18.8. The molecule has 0 fully saturated rings. The van der Waals surface area contributed by atoms with Gasteiger partial charge in [-0.25, -0.2) is 0 Å². The van der Waals surface area contributed by atoms with Crippen LogP contribution in [0.5, 0.6) is 0 Å². The molecule has 0 unspecified atom stereocenters. The van der Waals surface area contributed by atoms with Gasteiger partial charge < -0.3 is 10.5 Å². The van der Waals surface area contributed by atoms with Gasteiger partial charge >= 0.3 is 33.3 Å². The fraction of sp³-hybridized carbons (Fsp3) is 0.364. The SMILES string of the molecule is CC(C)(C)NC(=[SH+])[N-]N=Cc1ccccn1.[Cl][Cu][Cl]. The molecule has 0 atom stereocenters. The summed E-state index contributed by atoms with van der Waals surface area (Å²) in [5.74, 6) is 0. The summed E-state index contributed by atoms with van der Waals surface area (Å²) >= 11 is 4.93. The summed E-state index contributed by atoms with van der Waals surface area (Å²) < 4.78 is 0. The Labute approximate surface area is 134 Å². The van der Waals surface area contributed by atoms with E-state index in [0.717, 1.165) is 18.8 Å². The van der Waals surface area contributed by atoms with Crippen molar-refractivity contribution in [1.29, 1.82) is 0 Å². The zero-order valence-electron chi connectivity index (χ0n) is 10.7. The van der Waals surface area contributed by atoms with Crippen molar-refractivity contribution < 1.29 is 13.1 Å². The number of hydrogen-bond acceptors (Lipinski definition) is 2. The Morgan fingerprint density at radius 2 is 2.11 bits per heavy atom. The molecule has 111 valence electrons. The zero-order valence-corrected chi connectivity index (χ0v) is 14.1. The van der Waals surface area contributed by atoms with Crippen LogP contribution in [0.2, 0.25) is 0 Å². The van der Waals surface area contributed by atoms with E-state index < -0.39 is 0 Å². The van der Waals surface area contributed by atoms with Gasteiger partial charge in [-0.3, -0.25) is 10.3 Å². The van der Waals surface area contributed by atoms with Crippen molar-refractivity contribution in [3.63, 3.8) is 0 Å². The van der Waals surface area contributed by atoms with Gasteiger partial charge in [-0.1, -0.05) is 6.07 Å². The first-order chi connectivity index (χ1) is 8.89. The number of thiol groups is 1. The van der Waals surface area contributed by atoms with E-state index in [1.54, 1.807) is 12.4 Å². The van der Waals surface area contributed by atoms with Crippen LogP contribution in [0.3, 0.4) is 0 Å². The van der Waals surface area contributed by atoms with Crippen LogP contribution >= 0.6 is 20.2 Å². The molecule has 0 aromatic carbocycles. The summed E-state index contributed by atoms with van der Waals surface area (Å²) in [5.41, 5.74) is 4.60. The number of halogens is 2. The summed E-state index contributed by atoms with van der Waals surface area (Å²) in [6.07, 6.45) is 3.29. The minimum absolute atomic E-state index is 0.0684. The van der Waals surface area contributed by atoms with Gasteiger partial charge in [0.1, 0.15) is 0 Å². The van der Waals surface area contributed by atoms with E-state index in [2.05, 4.69) is 53.2 Å². The Kier molecular flexibility index (Phi) is 10.4. The van der Waals surface area contributed by atoms with Gasteiger partial charge in [0.15, 0.2) is 17.3 Å². The van der Waals surface area contributed by atoms with Crippen LogP contribution in [0.25, 0.3) is 5.43 Å².